The molecule has 0 radical (unpaired) electrons. The standard InChI is InChI=1S/C12H13IO2/c13-8-4-5-9-15-12(14)10-11-6-2-1-3-7-11/h1-4,6-8H,5,9-10H2/b8-4+. The van der Waals surface area contributed by atoms with Gasteiger partial charge in [-0.3, -0.25) is 4.79 Å². The minimum Gasteiger partial charge on any atom is -0.465 e. The summed E-state index contributed by atoms with van der Waals surface area (Å²) in [5, 5.41) is 0. The zero-order chi connectivity index (χ0) is 10.9. The lowest BCUT2D eigenvalue weighted by Gasteiger charge is -2.02. The van der Waals surface area contributed by atoms with E-state index in [-0.39, 0.29) is 5.97 Å². The van der Waals surface area contributed by atoms with Gasteiger partial charge in [-0.2, -0.15) is 0 Å². The van der Waals surface area contributed by atoms with Gasteiger partial charge < -0.3 is 4.74 Å². The Morgan fingerprint density at radius 3 is 2.73 bits per heavy atom. The third kappa shape index (κ3) is 5.57. The van der Waals surface area contributed by atoms with Gasteiger partial charge in [0.1, 0.15) is 0 Å². The molecule has 0 N–H and O–H groups in total. The molecule has 0 aliphatic heterocycles. The molecule has 0 aromatic heterocycles. The number of carbonyl (C=O) groups is 1. The van der Waals surface area contributed by atoms with Crippen LogP contribution in [0, 0.1) is 0 Å². The molecule has 0 fully saturated rings. The van der Waals surface area contributed by atoms with Crippen molar-refractivity contribution in [3.8, 4) is 0 Å². The van der Waals surface area contributed by atoms with Gasteiger partial charge in [-0.1, -0.05) is 59.0 Å². The zero-order valence-corrected chi connectivity index (χ0v) is 10.5. The van der Waals surface area contributed by atoms with E-state index in [4.69, 9.17) is 4.74 Å². The summed E-state index contributed by atoms with van der Waals surface area (Å²) in [6.07, 6.45) is 3.11. The minimum absolute atomic E-state index is 0.164. The Morgan fingerprint density at radius 1 is 1.33 bits per heavy atom. The van der Waals surface area contributed by atoms with Crippen LogP contribution >= 0.6 is 22.6 Å². The van der Waals surface area contributed by atoms with Crippen molar-refractivity contribution in [2.45, 2.75) is 12.8 Å². The van der Waals surface area contributed by atoms with Crippen molar-refractivity contribution in [3.05, 3.63) is 46.1 Å². The Morgan fingerprint density at radius 2 is 2.07 bits per heavy atom. The lowest BCUT2D eigenvalue weighted by atomic mass is 10.2. The molecule has 0 atom stereocenters. The number of hydrogen-bond donors (Lipinski definition) is 0. The number of hydrogen-bond acceptors (Lipinski definition) is 2. The molecule has 0 aliphatic rings. The van der Waals surface area contributed by atoms with Gasteiger partial charge in [0.05, 0.1) is 13.0 Å². The van der Waals surface area contributed by atoms with E-state index in [2.05, 4.69) is 22.6 Å². The average molecular weight is 316 g/mol. The second kappa shape index (κ2) is 7.45. The molecule has 0 amide bonds. The lowest BCUT2D eigenvalue weighted by Crippen LogP contribution is -2.08. The molecular weight excluding hydrogens is 303 g/mol. The molecule has 1 aromatic carbocycles. The van der Waals surface area contributed by atoms with Crippen LogP contribution < -0.4 is 0 Å². The van der Waals surface area contributed by atoms with Gasteiger partial charge in [-0.15, -0.1) is 0 Å². The summed E-state index contributed by atoms with van der Waals surface area (Å²) in [5.74, 6) is -0.164. The predicted octanol–water partition coefficient (Wildman–Crippen LogP) is 3.11. The monoisotopic (exact) mass is 316 g/mol. The smallest absolute Gasteiger partial charge is 0.310 e. The Kier molecular flexibility index (Phi) is 6.08. The number of rotatable bonds is 5. The van der Waals surface area contributed by atoms with Crippen LogP contribution in [0.5, 0.6) is 0 Å². The molecule has 1 aromatic rings. The van der Waals surface area contributed by atoms with Crippen LogP contribution in [-0.2, 0) is 16.0 Å². The average Bonchev–Trinajstić information content (AvgIpc) is 2.26. The highest BCUT2D eigenvalue weighted by atomic mass is 127. The molecule has 1 rings (SSSR count). The largest absolute Gasteiger partial charge is 0.465 e. The molecular formula is C12H13IO2. The van der Waals surface area contributed by atoms with Crippen LogP contribution in [0.25, 0.3) is 0 Å². The number of benzene rings is 1. The van der Waals surface area contributed by atoms with Gasteiger partial charge in [0.15, 0.2) is 0 Å². The maximum atomic E-state index is 11.3. The first-order valence-corrected chi connectivity index (χ1v) is 6.02. The van der Waals surface area contributed by atoms with Crippen LogP contribution in [0.3, 0.4) is 0 Å². The SMILES string of the molecule is O=C(Cc1ccccc1)OCC/C=C/I. The minimum atomic E-state index is -0.164. The zero-order valence-electron chi connectivity index (χ0n) is 8.36. The summed E-state index contributed by atoms with van der Waals surface area (Å²) in [5.41, 5.74) is 0.993. The fourth-order valence-electron chi connectivity index (χ4n) is 1.12. The first-order valence-electron chi connectivity index (χ1n) is 4.77. The molecule has 0 spiro atoms. The molecule has 0 aliphatic carbocycles. The van der Waals surface area contributed by atoms with Gasteiger partial charge in [0.2, 0.25) is 0 Å². The van der Waals surface area contributed by atoms with Gasteiger partial charge in [-0.25, -0.2) is 0 Å². The third-order valence-electron chi connectivity index (χ3n) is 1.83. The van der Waals surface area contributed by atoms with Crippen LogP contribution in [0.15, 0.2) is 40.5 Å². The summed E-state index contributed by atoms with van der Waals surface area (Å²) in [6.45, 7) is 0.463. The molecule has 0 saturated heterocycles. The highest BCUT2D eigenvalue weighted by Crippen LogP contribution is 2.01. The van der Waals surface area contributed by atoms with Crippen LogP contribution in [0.2, 0.25) is 0 Å². The molecule has 0 unspecified atom stereocenters. The van der Waals surface area contributed by atoms with E-state index >= 15 is 0 Å². The Balaban J connectivity index is 2.25. The summed E-state index contributed by atoms with van der Waals surface area (Å²) in [7, 11) is 0. The summed E-state index contributed by atoms with van der Waals surface area (Å²) in [6, 6.07) is 9.61. The van der Waals surface area contributed by atoms with E-state index in [0.29, 0.717) is 13.0 Å². The van der Waals surface area contributed by atoms with Crippen LogP contribution in [0.1, 0.15) is 12.0 Å². The van der Waals surface area contributed by atoms with Crippen LogP contribution in [-0.4, -0.2) is 12.6 Å². The molecule has 0 saturated carbocycles. The van der Waals surface area contributed by atoms with E-state index in [0.717, 1.165) is 12.0 Å². The van der Waals surface area contributed by atoms with Crippen molar-refractivity contribution in [2.75, 3.05) is 6.61 Å². The van der Waals surface area contributed by atoms with E-state index in [1.165, 1.54) is 0 Å². The second-order valence-corrected chi connectivity index (χ2v) is 3.75. The van der Waals surface area contributed by atoms with Gasteiger partial charge in [0.25, 0.3) is 0 Å². The molecule has 2 nitrogen and oxygen atoms in total. The number of halogens is 1. The van der Waals surface area contributed by atoms with Crippen molar-refractivity contribution < 1.29 is 9.53 Å². The van der Waals surface area contributed by atoms with Crippen LogP contribution in [0.4, 0.5) is 0 Å². The summed E-state index contributed by atoms with van der Waals surface area (Å²) >= 11 is 2.14. The molecule has 3 heteroatoms. The van der Waals surface area contributed by atoms with E-state index in [9.17, 15) is 4.79 Å². The highest BCUT2D eigenvalue weighted by molar-refractivity contribution is 14.1. The van der Waals surface area contributed by atoms with Gasteiger partial charge in [-0.05, 0) is 9.65 Å². The van der Waals surface area contributed by atoms with E-state index in [1.807, 2.05) is 40.5 Å². The van der Waals surface area contributed by atoms with Crippen molar-refractivity contribution in [1.29, 1.82) is 0 Å². The third-order valence-corrected chi connectivity index (χ3v) is 2.34. The number of carbonyl (C=O) groups excluding carboxylic acids is 1. The molecule has 0 heterocycles. The summed E-state index contributed by atoms with van der Waals surface area (Å²) < 4.78 is 6.97. The van der Waals surface area contributed by atoms with Gasteiger partial charge >= 0.3 is 5.97 Å². The Bertz CT molecular complexity index is 320. The topological polar surface area (TPSA) is 26.3 Å². The van der Waals surface area contributed by atoms with E-state index < -0.39 is 0 Å². The van der Waals surface area contributed by atoms with E-state index in [1.54, 1.807) is 0 Å². The number of ether oxygens (including phenoxy) is 1. The van der Waals surface area contributed by atoms with Crippen molar-refractivity contribution >= 4 is 28.6 Å². The maximum Gasteiger partial charge on any atom is 0.310 e. The molecule has 80 valence electrons. The molecule has 0 bridgehead atoms. The Labute approximate surface area is 103 Å². The second-order valence-electron chi connectivity index (χ2n) is 3.03. The first kappa shape index (κ1) is 12.2. The fraction of sp³-hybridized carbons (Fsp3) is 0.250. The Hall–Kier alpha value is -0.840. The van der Waals surface area contributed by atoms with Crippen molar-refractivity contribution in [3.63, 3.8) is 0 Å². The normalized spacial score (nSPS) is 10.5. The summed E-state index contributed by atoms with van der Waals surface area (Å²) in [4.78, 5) is 11.3. The maximum absolute atomic E-state index is 11.3. The van der Waals surface area contributed by atoms with Crippen molar-refractivity contribution in [2.24, 2.45) is 0 Å². The lowest BCUT2D eigenvalue weighted by molar-refractivity contribution is -0.142. The fourth-order valence-corrected chi connectivity index (χ4v) is 1.48. The quantitative estimate of drug-likeness (QED) is 0.474. The predicted molar refractivity (Wildman–Crippen MR) is 68.9 cm³/mol. The van der Waals surface area contributed by atoms with Gasteiger partial charge in [0, 0.05) is 6.42 Å². The first-order chi connectivity index (χ1) is 7.33. The van der Waals surface area contributed by atoms with Crippen molar-refractivity contribution in [1.82, 2.24) is 0 Å². The highest BCUT2D eigenvalue weighted by Gasteiger charge is 2.02. The molecule has 15 heavy (non-hydrogen) atoms. The number of esters is 1.